The molecule has 0 bridgehead atoms. The van der Waals surface area contributed by atoms with E-state index < -0.39 is 5.97 Å². The molecule has 0 aliphatic carbocycles. The predicted molar refractivity (Wildman–Crippen MR) is 88.2 cm³/mol. The summed E-state index contributed by atoms with van der Waals surface area (Å²) in [5.41, 5.74) is 0.809. The van der Waals surface area contributed by atoms with E-state index in [0.29, 0.717) is 5.89 Å². The number of nitrogens with zero attached hydrogens (tertiary/aromatic N) is 2. The quantitative estimate of drug-likeness (QED) is 0.458. The summed E-state index contributed by atoms with van der Waals surface area (Å²) >= 11 is 19.3. The fourth-order valence-corrected chi connectivity index (χ4v) is 3.04. The van der Waals surface area contributed by atoms with Gasteiger partial charge in [-0.2, -0.15) is 16.3 Å². The van der Waals surface area contributed by atoms with Gasteiger partial charge in [0.1, 0.15) is 0 Å². The minimum atomic E-state index is -0.718. The molecule has 0 N–H and O–H groups in total. The van der Waals surface area contributed by atoms with Crippen molar-refractivity contribution in [1.29, 1.82) is 0 Å². The van der Waals surface area contributed by atoms with E-state index in [1.165, 1.54) is 23.5 Å². The molecule has 2 aromatic heterocycles. The third kappa shape index (κ3) is 3.50. The monoisotopic (exact) mass is 388 g/mol. The van der Waals surface area contributed by atoms with Crippen LogP contribution >= 0.6 is 46.1 Å². The van der Waals surface area contributed by atoms with E-state index in [1.54, 1.807) is 0 Å². The first-order chi connectivity index (χ1) is 11.1. The van der Waals surface area contributed by atoms with Gasteiger partial charge in [-0.15, -0.1) is 0 Å². The summed E-state index contributed by atoms with van der Waals surface area (Å²) in [6, 6.07) is 4.81. The average molecular weight is 390 g/mol. The van der Waals surface area contributed by atoms with Gasteiger partial charge < -0.3 is 9.26 Å². The number of aromatic nitrogens is 2. The van der Waals surface area contributed by atoms with Gasteiger partial charge in [-0.1, -0.05) is 40.0 Å². The lowest BCUT2D eigenvalue weighted by Crippen LogP contribution is -2.08. The third-order valence-corrected chi connectivity index (χ3v) is 4.62. The highest BCUT2D eigenvalue weighted by Gasteiger charge is 2.20. The molecule has 0 unspecified atom stereocenters. The van der Waals surface area contributed by atoms with E-state index in [2.05, 4.69) is 10.1 Å². The topological polar surface area (TPSA) is 65.2 Å². The second-order valence-corrected chi connectivity index (χ2v) is 6.29. The first-order valence-corrected chi connectivity index (χ1v) is 8.29. The van der Waals surface area contributed by atoms with E-state index in [-0.39, 0.29) is 33.1 Å². The standard InChI is InChI=1S/C14H7Cl3N2O3S/c15-8-1-2-9(16)12(17)11(8)14(20)21-5-10-18-13(22-19-10)7-3-4-23-6-7/h1-4,6H,5H2. The van der Waals surface area contributed by atoms with Crippen molar-refractivity contribution < 1.29 is 14.1 Å². The smallest absolute Gasteiger partial charge is 0.341 e. The van der Waals surface area contributed by atoms with E-state index in [4.69, 9.17) is 44.1 Å². The molecular weight excluding hydrogens is 383 g/mol. The molecule has 0 aliphatic heterocycles. The number of thiophene rings is 1. The lowest BCUT2D eigenvalue weighted by Gasteiger charge is -2.07. The fourth-order valence-electron chi connectivity index (χ4n) is 1.73. The Labute approximate surface area is 149 Å². The van der Waals surface area contributed by atoms with Gasteiger partial charge in [0.25, 0.3) is 5.89 Å². The summed E-state index contributed by atoms with van der Waals surface area (Å²) in [6.07, 6.45) is 0. The van der Waals surface area contributed by atoms with Gasteiger partial charge in [-0.05, 0) is 23.6 Å². The second kappa shape index (κ2) is 6.88. The van der Waals surface area contributed by atoms with Crippen LogP contribution in [0.5, 0.6) is 0 Å². The maximum Gasteiger partial charge on any atom is 0.341 e. The van der Waals surface area contributed by atoms with Gasteiger partial charge in [0, 0.05) is 5.38 Å². The Morgan fingerprint density at radius 3 is 2.74 bits per heavy atom. The molecule has 9 heteroatoms. The van der Waals surface area contributed by atoms with Crippen molar-refractivity contribution in [3.8, 4) is 11.5 Å². The molecule has 0 saturated heterocycles. The van der Waals surface area contributed by atoms with Gasteiger partial charge in [0.2, 0.25) is 5.82 Å². The largest absolute Gasteiger partial charge is 0.454 e. The molecular formula is C14H7Cl3N2O3S. The summed E-state index contributed by atoms with van der Waals surface area (Å²) in [7, 11) is 0. The number of ether oxygens (including phenoxy) is 1. The number of carbonyl (C=O) groups excluding carboxylic acids is 1. The predicted octanol–water partition coefficient (Wildman–Crippen LogP) is 5.12. The molecule has 0 saturated carbocycles. The number of halogens is 3. The maximum atomic E-state index is 12.1. The number of esters is 1. The van der Waals surface area contributed by atoms with Crippen LogP contribution in [-0.2, 0) is 11.3 Å². The molecule has 0 radical (unpaired) electrons. The molecule has 2 heterocycles. The minimum absolute atomic E-state index is 0.00221. The Hall–Kier alpha value is -1.60. The maximum absolute atomic E-state index is 12.1. The number of hydrogen-bond donors (Lipinski definition) is 0. The summed E-state index contributed by atoms with van der Waals surface area (Å²) < 4.78 is 10.2. The average Bonchev–Trinajstić information content (AvgIpc) is 3.20. The first kappa shape index (κ1) is 16.3. The molecule has 118 valence electrons. The number of benzene rings is 1. The van der Waals surface area contributed by atoms with Crippen LogP contribution < -0.4 is 0 Å². The van der Waals surface area contributed by atoms with Crippen molar-refractivity contribution in [1.82, 2.24) is 10.1 Å². The molecule has 3 rings (SSSR count). The number of carbonyl (C=O) groups is 1. The highest BCUT2D eigenvalue weighted by Crippen LogP contribution is 2.32. The van der Waals surface area contributed by atoms with Gasteiger partial charge in [0.15, 0.2) is 6.61 Å². The van der Waals surface area contributed by atoms with E-state index >= 15 is 0 Å². The van der Waals surface area contributed by atoms with Crippen LogP contribution in [0.2, 0.25) is 15.1 Å². The zero-order chi connectivity index (χ0) is 16.4. The molecule has 1 aromatic carbocycles. The molecule has 0 atom stereocenters. The highest BCUT2D eigenvalue weighted by molar-refractivity contribution is 7.08. The lowest BCUT2D eigenvalue weighted by molar-refractivity contribution is 0.0460. The van der Waals surface area contributed by atoms with Crippen LogP contribution in [0.3, 0.4) is 0 Å². The molecule has 0 fully saturated rings. The Balaban J connectivity index is 1.72. The fraction of sp³-hybridized carbons (Fsp3) is 0.0714. The lowest BCUT2D eigenvalue weighted by atomic mass is 10.2. The van der Waals surface area contributed by atoms with Crippen molar-refractivity contribution >= 4 is 52.1 Å². The van der Waals surface area contributed by atoms with Crippen LogP contribution in [-0.4, -0.2) is 16.1 Å². The van der Waals surface area contributed by atoms with Crippen LogP contribution in [0, 0.1) is 0 Å². The second-order valence-electron chi connectivity index (χ2n) is 4.32. The molecule has 3 aromatic rings. The molecule has 5 nitrogen and oxygen atoms in total. The van der Waals surface area contributed by atoms with Crippen LogP contribution in [0.15, 0.2) is 33.5 Å². The summed E-state index contributed by atoms with van der Waals surface area (Å²) in [6.45, 7) is -0.175. The SMILES string of the molecule is O=C(OCc1noc(-c2ccsc2)n1)c1c(Cl)ccc(Cl)c1Cl. The summed E-state index contributed by atoms with van der Waals surface area (Å²) in [4.78, 5) is 16.3. The van der Waals surface area contributed by atoms with Crippen molar-refractivity contribution in [2.75, 3.05) is 0 Å². The third-order valence-electron chi connectivity index (χ3n) is 2.82. The molecule has 23 heavy (non-hydrogen) atoms. The summed E-state index contributed by atoms with van der Waals surface area (Å²) in [5.74, 6) is -0.130. The van der Waals surface area contributed by atoms with Crippen molar-refractivity contribution in [2.45, 2.75) is 6.61 Å². The molecule has 0 spiro atoms. The van der Waals surface area contributed by atoms with E-state index in [1.807, 2.05) is 16.8 Å². The van der Waals surface area contributed by atoms with Gasteiger partial charge in [0.05, 0.1) is 26.2 Å². The van der Waals surface area contributed by atoms with Crippen molar-refractivity contribution in [2.24, 2.45) is 0 Å². The molecule has 0 aliphatic rings. The van der Waals surface area contributed by atoms with E-state index in [0.717, 1.165) is 5.56 Å². The van der Waals surface area contributed by atoms with Crippen LogP contribution in [0.1, 0.15) is 16.2 Å². The Kier molecular flexibility index (Phi) is 4.87. The first-order valence-electron chi connectivity index (χ1n) is 6.22. The van der Waals surface area contributed by atoms with Gasteiger partial charge in [-0.3, -0.25) is 0 Å². The molecule has 0 amide bonds. The Morgan fingerprint density at radius 1 is 1.22 bits per heavy atom. The number of hydrogen-bond acceptors (Lipinski definition) is 6. The minimum Gasteiger partial charge on any atom is -0.454 e. The van der Waals surface area contributed by atoms with Crippen LogP contribution in [0.25, 0.3) is 11.5 Å². The van der Waals surface area contributed by atoms with Crippen molar-refractivity contribution in [3.63, 3.8) is 0 Å². The normalized spacial score (nSPS) is 10.7. The van der Waals surface area contributed by atoms with E-state index in [9.17, 15) is 4.79 Å². The van der Waals surface area contributed by atoms with Crippen molar-refractivity contribution in [3.05, 3.63) is 55.4 Å². The van der Waals surface area contributed by atoms with Gasteiger partial charge in [-0.25, -0.2) is 4.79 Å². The Morgan fingerprint density at radius 2 is 2.00 bits per heavy atom. The zero-order valence-corrected chi connectivity index (χ0v) is 14.3. The Bertz CT molecular complexity index is 849. The van der Waals surface area contributed by atoms with Crippen LogP contribution in [0.4, 0.5) is 0 Å². The zero-order valence-electron chi connectivity index (χ0n) is 11.3. The highest BCUT2D eigenvalue weighted by atomic mass is 35.5. The van der Waals surface area contributed by atoms with Gasteiger partial charge >= 0.3 is 5.97 Å². The number of rotatable bonds is 4. The summed E-state index contributed by atoms with van der Waals surface area (Å²) in [5, 5.41) is 7.91.